The number of anilines is 1. The summed E-state index contributed by atoms with van der Waals surface area (Å²) in [5.41, 5.74) is 0.794. The molecule has 1 aromatic carbocycles. The van der Waals surface area contributed by atoms with Crippen molar-refractivity contribution in [2.24, 2.45) is 5.92 Å². The molecule has 0 atom stereocenters. The molecule has 0 aliphatic carbocycles. The van der Waals surface area contributed by atoms with Crippen molar-refractivity contribution in [1.82, 2.24) is 9.88 Å². The number of carbonyl (C=O) groups is 2. The number of benzene rings is 1. The maximum Gasteiger partial charge on any atom is 0.573 e. The van der Waals surface area contributed by atoms with Gasteiger partial charge in [-0.25, -0.2) is 9.78 Å². The monoisotopic (exact) mass is 457 g/mol. The van der Waals surface area contributed by atoms with Crippen LogP contribution in [0.2, 0.25) is 0 Å². The highest BCUT2D eigenvalue weighted by Gasteiger charge is 2.31. The molecule has 168 valence electrons. The molecular formula is C20H22F3N3O4S. The fourth-order valence-electron chi connectivity index (χ4n) is 3.20. The maximum absolute atomic E-state index is 12.5. The summed E-state index contributed by atoms with van der Waals surface area (Å²) in [6, 6.07) is 5.62. The molecular weight excluding hydrogens is 435 g/mol. The van der Waals surface area contributed by atoms with Crippen LogP contribution in [-0.2, 0) is 16.0 Å². The zero-order valence-electron chi connectivity index (χ0n) is 16.8. The lowest BCUT2D eigenvalue weighted by Crippen LogP contribution is -2.41. The van der Waals surface area contributed by atoms with Crippen molar-refractivity contribution in [1.29, 1.82) is 0 Å². The van der Waals surface area contributed by atoms with Crippen LogP contribution in [0.15, 0.2) is 30.5 Å². The number of nitrogens with zero attached hydrogens (tertiary/aromatic N) is 2. The van der Waals surface area contributed by atoms with E-state index < -0.39 is 6.36 Å². The topological polar surface area (TPSA) is 80.8 Å². The Balaban J connectivity index is 1.49. The number of piperidine rings is 1. The van der Waals surface area contributed by atoms with Crippen molar-refractivity contribution in [3.63, 3.8) is 0 Å². The van der Waals surface area contributed by atoms with Gasteiger partial charge < -0.3 is 19.7 Å². The molecule has 1 aliphatic heterocycles. The summed E-state index contributed by atoms with van der Waals surface area (Å²) in [6.45, 7) is 3.00. The molecule has 0 bridgehead atoms. The second kappa shape index (κ2) is 9.99. The molecule has 7 nitrogen and oxygen atoms in total. The van der Waals surface area contributed by atoms with Gasteiger partial charge in [-0.1, -0.05) is 12.1 Å². The number of amides is 2. The lowest BCUT2D eigenvalue weighted by Gasteiger charge is -2.30. The number of rotatable bonds is 6. The average molecular weight is 457 g/mol. The quantitative estimate of drug-likeness (QED) is 0.694. The van der Waals surface area contributed by atoms with Crippen LogP contribution in [0.25, 0.3) is 0 Å². The summed E-state index contributed by atoms with van der Waals surface area (Å²) in [5, 5.41) is 3.27. The Kier molecular flexibility index (Phi) is 7.37. The molecule has 0 radical (unpaired) electrons. The fraction of sp³-hybridized carbons (Fsp3) is 0.450. The number of halogens is 3. The van der Waals surface area contributed by atoms with Crippen molar-refractivity contribution in [3.8, 4) is 5.75 Å². The zero-order valence-corrected chi connectivity index (χ0v) is 17.6. The lowest BCUT2D eigenvalue weighted by atomic mass is 9.96. The van der Waals surface area contributed by atoms with E-state index in [0.29, 0.717) is 44.1 Å². The molecule has 1 saturated heterocycles. The van der Waals surface area contributed by atoms with Gasteiger partial charge in [-0.2, -0.15) is 0 Å². The number of hydrogen-bond acceptors (Lipinski definition) is 6. The van der Waals surface area contributed by atoms with E-state index in [1.165, 1.54) is 23.5 Å². The van der Waals surface area contributed by atoms with Crippen molar-refractivity contribution >= 4 is 28.5 Å². The first kappa shape index (κ1) is 22.9. The van der Waals surface area contributed by atoms with Crippen LogP contribution in [-0.4, -0.2) is 47.9 Å². The molecule has 31 heavy (non-hydrogen) atoms. The minimum absolute atomic E-state index is 0.141. The predicted octanol–water partition coefficient (Wildman–Crippen LogP) is 4.44. The Hall–Kier alpha value is -2.82. The number of alkyl halides is 3. The third-order valence-corrected chi connectivity index (χ3v) is 5.62. The summed E-state index contributed by atoms with van der Waals surface area (Å²) in [4.78, 5) is 30.9. The normalized spacial score (nSPS) is 14.9. The number of hydrogen-bond donors (Lipinski definition) is 1. The summed E-state index contributed by atoms with van der Waals surface area (Å²) in [5.74, 6) is -0.625. The number of carbonyl (C=O) groups excluding carboxylic acids is 2. The predicted molar refractivity (Wildman–Crippen MR) is 108 cm³/mol. The SMILES string of the molecule is CCOC(=O)N1CCC(C(=O)Nc2ncc(Cc3ccc(OC(F)(F)F)cc3)s2)CC1. The molecule has 3 rings (SSSR count). The molecule has 1 fully saturated rings. The van der Waals surface area contributed by atoms with Crippen molar-refractivity contribution in [2.45, 2.75) is 32.5 Å². The Morgan fingerprint density at radius 2 is 1.90 bits per heavy atom. The third kappa shape index (κ3) is 6.84. The minimum Gasteiger partial charge on any atom is -0.450 e. The van der Waals surface area contributed by atoms with Crippen LogP contribution in [0.4, 0.5) is 23.1 Å². The largest absolute Gasteiger partial charge is 0.573 e. The van der Waals surface area contributed by atoms with Crippen LogP contribution >= 0.6 is 11.3 Å². The average Bonchev–Trinajstić information content (AvgIpc) is 3.15. The van der Waals surface area contributed by atoms with Gasteiger partial charge in [0.15, 0.2) is 5.13 Å². The van der Waals surface area contributed by atoms with Gasteiger partial charge in [-0.15, -0.1) is 24.5 Å². The van der Waals surface area contributed by atoms with E-state index in [1.54, 1.807) is 30.2 Å². The number of likely N-dealkylation sites (tertiary alicyclic amines) is 1. The van der Waals surface area contributed by atoms with Crippen LogP contribution in [0.3, 0.4) is 0 Å². The van der Waals surface area contributed by atoms with Gasteiger partial charge in [0.2, 0.25) is 5.91 Å². The molecule has 0 unspecified atom stereocenters. The van der Waals surface area contributed by atoms with Crippen LogP contribution < -0.4 is 10.1 Å². The first-order valence-corrected chi connectivity index (χ1v) is 10.6. The molecule has 0 spiro atoms. The Labute approximate surface area is 181 Å². The van der Waals surface area contributed by atoms with Gasteiger partial charge >= 0.3 is 12.5 Å². The third-order valence-electron chi connectivity index (χ3n) is 4.71. The highest BCUT2D eigenvalue weighted by molar-refractivity contribution is 7.15. The van der Waals surface area contributed by atoms with Crippen molar-refractivity contribution < 1.29 is 32.2 Å². The standard InChI is InChI=1S/C20H22F3N3O4S/c1-2-29-19(28)26-9-7-14(8-10-26)17(27)25-18-24-12-16(31-18)11-13-3-5-15(6-4-13)30-20(21,22)23/h3-6,12,14H,2,7-11H2,1H3,(H,24,25,27). The zero-order chi connectivity index (χ0) is 22.4. The highest BCUT2D eigenvalue weighted by atomic mass is 32.1. The van der Waals surface area contributed by atoms with Crippen molar-refractivity contribution in [2.75, 3.05) is 25.0 Å². The maximum atomic E-state index is 12.5. The van der Waals surface area contributed by atoms with E-state index in [4.69, 9.17) is 4.74 Å². The van der Waals surface area contributed by atoms with Crippen LogP contribution in [0.5, 0.6) is 5.75 Å². The second-order valence-corrected chi connectivity index (χ2v) is 8.06. The fourth-order valence-corrected chi connectivity index (χ4v) is 4.05. The van der Waals surface area contributed by atoms with Gasteiger partial charge in [0, 0.05) is 36.5 Å². The van der Waals surface area contributed by atoms with Gasteiger partial charge in [-0.05, 0) is 37.5 Å². The van der Waals surface area contributed by atoms with Crippen molar-refractivity contribution in [3.05, 3.63) is 40.9 Å². The van der Waals surface area contributed by atoms with E-state index >= 15 is 0 Å². The van der Waals surface area contributed by atoms with Crippen LogP contribution in [0, 0.1) is 5.92 Å². The van der Waals surface area contributed by atoms with E-state index in [2.05, 4.69) is 15.0 Å². The van der Waals surface area contributed by atoms with E-state index in [1.807, 2.05) is 0 Å². The first-order chi connectivity index (χ1) is 14.7. The number of nitrogens with one attached hydrogen (secondary N) is 1. The minimum atomic E-state index is -4.72. The smallest absolute Gasteiger partial charge is 0.450 e. The molecule has 1 aromatic heterocycles. The number of thiazole rings is 1. The first-order valence-electron chi connectivity index (χ1n) is 9.75. The van der Waals surface area contributed by atoms with Crippen LogP contribution in [0.1, 0.15) is 30.2 Å². The van der Waals surface area contributed by atoms with Gasteiger partial charge in [-0.3, -0.25) is 4.79 Å². The summed E-state index contributed by atoms with van der Waals surface area (Å²) >= 11 is 1.31. The van der Waals surface area contributed by atoms with E-state index in [9.17, 15) is 22.8 Å². The lowest BCUT2D eigenvalue weighted by molar-refractivity contribution is -0.274. The number of aromatic nitrogens is 1. The summed E-state index contributed by atoms with van der Waals surface area (Å²) in [6.07, 6.45) is -1.88. The Bertz CT molecular complexity index is 894. The molecule has 0 saturated carbocycles. The Morgan fingerprint density at radius 1 is 1.23 bits per heavy atom. The molecule has 11 heteroatoms. The molecule has 2 heterocycles. The molecule has 2 amide bonds. The van der Waals surface area contributed by atoms with Gasteiger partial charge in [0.1, 0.15) is 5.75 Å². The van der Waals surface area contributed by atoms with E-state index in [-0.39, 0.29) is 23.7 Å². The summed E-state index contributed by atoms with van der Waals surface area (Å²) in [7, 11) is 0. The Morgan fingerprint density at radius 3 is 2.52 bits per heavy atom. The molecule has 1 N–H and O–H groups in total. The van der Waals surface area contributed by atoms with Gasteiger partial charge in [0.25, 0.3) is 0 Å². The summed E-state index contributed by atoms with van der Waals surface area (Å²) < 4.78 is 45.5. The van der Waals surface area contributed by atoms with E-state index in [0.717, 1.165) is 10.4 Å². The number of ether oxygens (including phenoxy) is 2. The van der Waals surface area contributed by atoms with Gasteiger partial charge in [0.05, 0.1) is 6.61 Å². The highest BCUT2D eigenvalue weighted by Crippen LogP contribution is 2.26. The second-order valence-electron chi connectivity index (χ2n) is 6.95. The molecule has 1 aliphatic rings. The molecule has 2 aromatic rings.